The van der Waals surface area contributed by atoms with Crippen molar-refractivity contribution in [3.8, 4) is 0 Å². The van der Waals surface area contributed by atoms with Gasteiger partial charge in [-0.3, -0.25) is 0 Å². The van der Waals surface area contributed by atoms with Gasteiger partial charge >= 0.3 is 59.1 Å². The number of carbonyl (C=O) groups excluding carboxylic acids is 2. The first-order valence-corrected chi connectivity index (χ1v) is 8.36. The number of carboxylic acid groups (broad SMARTS) is 2. The Morgan fingerprint density at radius 1 is 0.800 bits per heavy atom. The second-order valence-corrected chi connectivity index (χ2v) is 5.78. The van der Waals surface area contributed by atoms with Gasteiger partial charge in [0.1, 0.15) is 0 Å². The first-order chi connectivity index (χ1) is 11.0. The van der Waals surface area contributed by atoms with Crippen LogP contribution in [0.2, 0.25) is 0 Å². The molecule has 0 atom stereocenters. The smallest absolute Gasteiger partial charge is 0.545 e. The molecule has 1 aromatic carbocycles. The van der Waals surface area contributed by atoms with Gasteiger partial charge in [-0.05, 0) is 35.7 Å². The first kappa shape index (κ1) is 27.2. The van der Waals surface area contributed by atoms with Crippen LogP contribution in [0.1, 0.15) is 79.0 Å². The number of aromatic carboxylic acids is 2. The van der Waals surface area contributed by atoms with Crippen molar-refractivity contribution in [2.24, 2.45) is 0 Å². The minimum Gasteiger partial charge on any atom is -0.545 e. The van der Waals surface area contributed by atoms with E-state index in [9.17, 15) is 19.8 Å². The molecule has 0 aliphatic carbocycles. The Labute approximate surface area is 194 Å². The SMILES string of the molecule is CCCCCCCCCCNc1cc(C(=O)[O-])cc(C(=O)[O-])c1.[Na+].[Na+]. The zero-order valence-corrected chi connectivity index (χ0v) is 19.7. The summed E-state index contributed by atoms with van der Waals surface area (Å²) in [6.45, 7) is 2.88. The number of nitrogens with one attached hydrogen (secondary N) is 1. The fourth-order valence-electron chi connectivity index (χ4n) is 2.46. The number of carboxylic acids is 2. The molecule has 7 heteroatoms. The van der Waals surface area contributed by atoms with Crippen LogP contribution in [0, 0.1) is 0 Å². The van der Waals surface area contributed by atoms with E-state index >= 15 is 0 Å². The molecule has 0 saturated carbocycles. The molecule has 0 spiro atoms. The Kier molecular flexibility index (Phi) is 17.6. The van der Waals surface area contributed by atoms with Crippen molar-refractivity contribution in [3.63, 3.8) is 0 Å². The molecule has 0 fully saturated rings. The van der Waals surface area contributed by atoms with Crippen LogP contribution in [-0.4, -0.2) is 18.5 Å². The minimum atomic E-state index is -1.40. The number of anilines is 1. The second kappa shape index (κ2) is 16.2. The van der Waals surface area contributed by atoms with E-state index in [1.54, 1.807) is 0 Å². The molecular weight excluding hydrogens is 340 g/mol. The molecule has 0 amide bonds. The van der Waals surface area contributed by atoms with Crippen molar-refractivity contribution in [1.29, 1.82) is 0 Å². The van der Waals surface area contributed by atoms with Crippen LogP contribution in [0.4, 0.5) is 5.69 Å². The number of rotatable bonds is 12. The number of unbranched alkanes of at least 4 members (excludes halogenated alkanes) is 7. The Morgan fingerprint density at radius 3 is 1.68 bits per heavy atom. The summed E-state index contributed by atoms with van der Waals surface area (Å²) in [5.41, 5.74) is 0.143. The van der Waals surface area contributed by atoms with Crippen molar-refractivity contribution >= 4 is 17.6 Å². The molecule has 1 rings (SSSR count). The van der Waals surface area contributed by atoms with Crippen LogP contribution in [-0.2, 0) is 0 Å². The van der Waals surface area contributed by atoms with Crippen molar-refractivity contribution < 1.29 is 78.9 Å². The summed E-state index contributed by atoms with van der Waals surface area (Å²) in [4.78, 5) is 21.8. The predicted octanol–water partition coefficient (Wildman–Crippen LogP) is -4.03. The van der Waals surface area contributed by atoms with Gasteiger partial charge < -0.3 is 25.1 Å². The van der Waals surface area contributed by atoms with Gasteiger partial charge in [-0.2, -0.15) is 0 Å². The number of hydrogen-bond acceptors (Lipinski definition) is 5. The summed E-state index contributed by atoms with van der Waals surface area (Å²) in [5.74, 6) is -2.80. The van der Waals surface area contributed by atoms with E-state index in [1.807, 2.05) is 0 Å². The third-order valence-electron chi connectivity index (χ3n) is 3.76. The van der Waals surface area contributed by atoms with Gasteiger partial charge in [-0.25, -0.2) is 0 Å². The van der Waals surface area contributed by atoms with Crippen LogP contribution < -0.4 is 74.6 Å². The maximum Gasteiger partial charge on any atom is 1.00 e. The van der Waals surface area contributed by atoms with E-state index in [0.717, 1.165) is 18.9 Å². The van der Waals surface area contributed by atoms with Gasteiger partial charge in [0, 0.05) is 12.2 Å². The fraction of sp³-hybridized carbons (Fsp3) is 0.556. The summed E-state index contributed by atoms with van der Waals surface area (Å²) in [6, 6.07) is 3.81. The van der Waals surface area contributed by atoms with Crippen LogP contribution >= 0.6 is 0 Å². The molecule has 25 heavy (non-hydrogen) atoms. The van der Waals surface area contributed by atoms with E-state index in [2.05, 4.69) is 12.2 Å². The quantitative estimate of drug-likeness (QED) is 0.301. The second-order valence-electron chi connectivity index (χ2n) is 5.78. The molecule has 0 unspecified atom stereocenters. The Bertz CT molecular complexity index is 492. The molecule has 1 N–H and O–H groups in total. The average molecular weight is 365 g/mol. The Balaban J connectivity index is 0. The van der Waals surface area contributed by atoms with Crippen molar-refractivity contribution in [3.05, 3.63) is 29.3 Å². The van der Waals surface area contributed by atoms with Crippen molar-refractivity contribution in [2.45, 2.75) is 58.3 Å². The molecule has 5 nitrogen and oxygen atoms in total. The molecule has 0 aromatic heterocycles. The van der Waals surface area contributed by atoms with Gasteiger partial charge in [-0.15, -0.1) is 0 Å². The molecule has 0 saturated heterocycles. The van der Waals surface area contributed by atoms with E-state index < -0.39 is 11.9 Å². The minimum absolute atomic E-state index is 0. The summed E-state index contributed by atoms with van der Waals surface area (Å²) in [5, 5.41) is 24.9. The van der Waals surface area contributed by atoms with Crippen molar-refractivity contribution in [1.82, 2.24) is 0 Å². The number of carbonyl (C=O) groups is 2. The van der Waals surface area contributed by atoms with E-state index in [0.29, 0.717) is 12.2 Å². The van der Waals surface area contributed by atoms with E-state index in [1.165, 1.54) is 50.7 Å². The monoisotopic (exact) mass is 365 g/mol. The zero-order chi connectivity index (χ0) is 17.1. The standard InChI is InChI=1S/C18H27NO4.2Na/c1-2-3-4-5-6-7-8-9-10-19-16-12-14(17(20)21)11-15(13-16)18(22)23;;/h11-13,19H,2-10H2,1H3,(H,20,21)(H,22,23);;/q;2*+1/p-2. The third kappa shape index (κ3) is 12.1. The summed E-state index contributed by atoms with van der Waals surface area (Å²) in [6.07, 6.45) is 9.64. The average Bonchev–Trinajstić information content (AvgIpc) is 2.53. The molecule has 0 radical (unpaired) electrons. The van der Waals surface area contributed by atoms with Crippen LogP contribution in [0.25, 0.3) is 0 Å². The largest absolute Gasteiger partial charge is 1.00 e. The van der Waals surface area contributed by atoms with Gasteiger partial charge in [0.05, 0.1) is 11.9 Å². The summed E-state index contributed by atoms with van der Waals surface area (Å²) < 4.78 is 0. The van der Waals surface area contributed by atoms with E-state index in [4.69, 9.17) is 0 Å². The first-order valence-electron chi connectivity index (χ1n) is 8.36. The van der Waals surface area contributed by atoms with Crippen molar-refractivity contribution in [2.75, 3.05) is 11.9 Å². The van der Waals surface area contributed by atoms with Crippen LogP contribution in [0.5, 0.6) is 0 Å². The summed E-state index contributed by atoms with van der Waals surface area (Å²) >= 11 is 0. The topological polar surface area (TPSA) is 92.3 Å². The Hall–Kier alpha value is -0.0400. The predicted molar refractivity (Wildman–Crippen MR) is 86.2 cm³/mol. The number of hydrogen-bond donors (Lipinski definition) is 1. The number of benzene rings is 1. The fourth-order valence-corrected chi connectivity index (χ4v) is 2.46. The van der Waals surface area contributed by atoms with Gasteiger partial charge in [0.25, 0.3) is 0 Å². The maximum absolute atomic E-state index is 10.9. The molecule has 1 aromatic rings. The van der Waals surface area contributed by atoms with E-state index in [-0.39, 0.29) is 70.2 Å². The molecule has 0 heterocycles. The molecule has 0 aliphatic heterocycles. The van der Waals surface area contributed by atoms with Crippen LogP contribution in [0.3, 0.4) is 0 Å². The van der Waals surface area contributed by atoms with Crippen LogP contribution in [0.15, 0.2) is 18.2 Å². The summed E-state index contributed by atoms with van der Waals surface area (Å²) in [7, 11) is 0. The van der Waals surface area contributed by atoms with Gasteiger partial charge in [-0.1, -0.05) is 51.9 Å². The molecule has 0 aliphatic rings. The Morgan fingerprint density at radius 2 is 1.24 bits per heavy atom. The third-order valence-corrected chi connectivity index (χ3v) is 3.76. The normalized spacial score (nSPS) is 9.64. The maximum atomic E-state index is 10.9. The zero-order valence-electron chi connectivity index (χ0n) is 15.7. The molecule has 0 bridgehead atoms. The van der Waals surface area contributed by atoms with Gasteiger partial charge in [0.15, 0.2) is 0 Å². The van der Waals surface area contributed by atoms with Gasteiger partial charge in [0.2, 0.25) is 0 Å². The molecular formula is C18H25NNa2O4. The molecule has 128 valence electrons.